The standard InChI is InChI=1S/C19H20F4N4O4/c1-30-12-5-7-27(9-12)18-24-6-4-14(26-18)17(29)25-15(10-28)11-2-3-16(13(20)8-11)31-19(21,22)23/h2-4,6,8,12,15,28H,5,7,9-10H2,1H3,(H,25,29). The van der Waals surface area contributed by atoms with Crippen LogP contribution in [-0.2, 0) is 4.74 Å². The van der Waals surface area contributed by atoms with Gasteiger partial charge in [-0.25, -0.2) is 14.4 Å². The van der Waals surface area contributed by atoms with Crippen LogP contribution in [0.25, 0.3) is 0 Å². The molecule has 0 aliphatic carbocycles. The minimum absolute atomic E-state index is 0.0156. The molecule has 2 aromatic rings. The summed E-state index contributed by atoms with van der Waals surface area (Å²) in [4.78, 5) is 22.8. The van der Waals surface area contributed by atoms with Crippen LogP contribution < -0.4 is 15.0 Å². The van der Waals surface area contributed by atoms with E-state index in [1.54, 1.807) is 7.11 Å². The number of ether oxygens (including phenoxy) is 2. The van der Waals surface area contributed by atoms with Crippen molar-refractivity contribution >= 4 is 11.9 Å². The highest BCUT2D eigenvalue weighted by Crippen LogP contribution is 2.28. The predicted molar refractivity (Wildman–Crippen MR) is 100 cm³/mol. The topological polar surface area (TPSA) is 96.8 Å². The number of alkyl halides is 3. The minimum Gasteiger partial charge on any atom is -0.403 e. The van der Waals surface area contributed by atoms with Crippen molar-refractivity contribution in [1.82, 2.24) is 15.3 Å². The van der Waals surface area contributed by atoms with Gasteiger partial charge in [0, 0.05) is 26.4 Å². The molecule has 1 aromatic heterocycles. The Balaban J connectivity index is 1.71. The third-order valence-corrected chi connectivity index (χ3v) is 4.71. The Hall–Kier alpha value is -2.99. The average Bonchev–Trinajstić information content (AvgIpc) is 3.22. The number of aliphatic hydroxyl groups excluding tert-OH is 1. The lowest BCUT2D eigenvalue weighted by molar-refractivity contribution is -0.275. The summed E-state index contributed by atoms with van der Waals surface area (Å²) in [6.45, 7) is 0.616. The molecule has 2 unspecified atom stereocenters. The molecule has 2 N–H and O–H groups in total. The zero-order chi connectivity index (χ0) is 22.6. The molecule has 2 atom stereocenters. The van der Waals surface area contributed by atoms with E-state index < -0.39 is 36.5 Å². The first-order chi connectivity index (χ1) is 14.7. The highest BCUT2D eigenvalue weighted by Gasteiger charge is 2.32. The molecule has 0 saturated carbocycles. The molecule has 31 heavy (non-hydrogen) atoms. The van der Waals surface area contributed by atoms with E-state index in [4.69, 9.17) is 4.74 Å². The molecule has 0 bridgehead atoms. The highest BCUT2D eigenvalue weighted by atomic mass is 19.4. The molecule has 8 nitrogen and oxygen atoms in total. The molecule has 2 heterocycles. The number of nitrogens with zero attached hydrogens (tertiary/aromatic N) is 3. The zero-order valence-electron chi connectivity index (χ0n) is 16.4. The van der Waals surface area contributed by atoms with Crippen molar-refractivity contribution in [2.45, 2.75) is 24.9 Å². The van der Waals surface area contributed by atoms with Crippen LogP contribution in [0.3, 0.4) is 0 Å². The lowest BCUT2D eigenvalue weighted by atomic mass is 10.1. The molecule has 1 aromatic carbocycles. The van der Waals surface area contributed by atoms with Crippen LogP contribution in [0.1, 0.15) is 28.5 Å². The first kappa shape index (κ1) is 22.7. The molecule has 0 spiro atoms. The number of aliphatic hydroxyl groups is 1. The van der Waals surface area contributed by atoms with Crippen molar-refractivity contribution in [1.29, 1.82) is 0 Å². The molecule has 168 valence electrons. The van der Waals surface area contributed by atoms with Crippen molar-refractivity contribution in [2.24, 2.45) is 0 Å². The summed E-state index contributed by atoms with van der Waals surface area (Å²) < 4.78 is 59.7. The fraction of sp³-hybridized carbons (Fsp3) is 0.421. The Bertz CT molecular complexity index is 928. The van der Waals surface area contributed by atoms with Crippen molar-refractivity contribution in [2.75, 3.05) is 31.7 Å². The van der Waals surface area contributed by atoms with Crippen LogP contribution in [0.4, 0.5) is 23.5 Å². The van der Waals surface area contributed by atoms with Gasteiger partial charge >= 0.3 is 6.36 Å². The molecular weight excluding hydrogens is 424 g/mol. The van der Waals surface area contributed by atoms with E-state index in [-0.39, 0.29) is 17.4 Å². The second-order valence-corrected chi connectivity index (χ2v) is 6.78. The number of amides is 1. The molecule has 1 amide bonds. The Morgan fingerprint density at radius 3 is 2.77 bits per heavy atom. The second kappa shape index (κ2) is 9.43. The molecular formula is C19H20F4N4O4. The summed E-state index contributed by atoms with van der Waals surface area (Å²) in [5.41, 5.74) is 0.0708. The van der Waals surface area contributed by atoms with Gasteiger partial charge in [-0.3, -0.25) is 4.79 Å². The van der Waals surface area contributed by atoms with Crippen LogP contribution in [0, 0.1) is 5.82 Å². The largest absolute Gasteiger partial charge is 0.573 e. The van der Waals surface area contributed by atoms with Gasteiger partial charge in [0.1, 0.15) is 5.69 Å². The summed E-state index contributed by atoms with van der Waals surface area (Å²) in [5.74, 6) is -2.62. The van der Waals surface area contributed by atoms with Gasteiger partial charge in [0.25, 0.3) is 5.91 Å². The third kappa shape index (κ3) is 5.79. The van der Waals surface area contributed by atoms with E-state index >= 15 is 0 Å². The number of anilines is 1. The number of halogens is 4. The van der Waals surface area contributed by atoms with Gasteiger partial charge in [-0.2, -0.15) is 0 Å². The summed E-state index contributed by atoms with van der Waals surface area (Å²) in [5, 5.41) is 12.1. The SMILES string of the molecule is COC1CCN(c2nccc(C(=O)NC(CO)c3ccc(OC(F)(F)F)c(F)c3)n2)C1. The van der Waals surface area contributed by atoms with Crippen molar-refractivity contribution < 1.29 is 36.9 Å². The predicted octanol–water partition coefficient (Wildman–Crippen LogP) is 2.20. The number of carbonyl (C=O) groups excluding carboxylic acids is 1. The van der Waals surface area contributed by atoms with Crippen LogP contribution in [-0.4, -0.2) is 60.3 Å². The van der Waals surface area contributed by atoms with E-state index in [2.05, 4.69) is 20.0 Å². The van der Waals surface area contributed by atoms with Gasteiger partial charge in [0.15, 0.2) is 11.6 Å². The molecule has 1 aliphatic rings. The van der Waals surface area contributed by atoms with Crippen molar-refractivity contribution in [3.8, 4) is 5.75 Å². The quantitative estimate of drug-likeness (QED) is 0.632. The molecule has 1 fully saturated rings. The summed E-state index contributed by atoms with van der Waals surface area (Å²) in [6.07, 6.45) is -2.80. The van der Waals surface area contributed by atoms with Gasteiger partial charge in [-0.05, 0) is 30.2 Å². The first-order valence-corrected chi connectivity index (χ1v) is 9.28. The molecule has 3 rings (SSSR count). The van der Waals surface area contributed by atoms with E-state index in [0.29, 0.717) is 19.0 Å². The Morgan fingerprint density at radius 2 is 2.16 bits per heavy atom. The molecule has 1 aliphatic heterocycles. The maximum absolute atomic E-state index is 14.0. The third-order valence-electron chi connectivity index (χ3n) is 4.71. The van der Waals surface area contributed by atoms with E-state index in [1.165, 1.54) is 12.3 Å². The van der Waals surface area contributed by atoms with Crippen LogP contribution in [0.15, 0.2) is 30.5 Å². The summed E-state index contributed by atoms with van der Waals surface area (Å²) >= 11 is 0. The number of aromatic nitrogens is 2. The molecule has 12 heteroatoms. The Kier molecular flexibility index (Phi) is 6.91. The van der Waals surface area contributed by atoms with Gasteiger partial charge in [0.05, 0.1) is 18.8 Å². The fourth-order valence-corrected chi connectivity index (χ4v) is 3.14. The van der Waals surface area contributed by atoms with Crippen LogP contribution in [0.2, 0.25) is 0 Å². The number of rotatable bonds is 7. The van der Waals surface area contributed by atoms with Gasteiger partial charge in [-0.1, -0.05) is 6.07 Å². The van der Waals surface area contributed by atoms with Crippen molar-refractivity contribution in [3.63, 3.8) is 0 Å². The smallest absolute Gasteiger partial charge is 0.403 e. The lowest BCUT2D eigenvalue weighted by Crippen LogP contribution is -2.32. The van der Waals surface area contributed by atoms with E-state index in [1.807, 2.05) is 4.90 Å². The van der Waals surface area contributed by atoms with Crippen LogP contribution in [0.5, 0.6) is 5.75 Å². The minimum atomic E-state index is -5.05. The monoisotopic (exact) mass is 444 g/mol. The summed E-state index contributed by atoms with van der Waals surface area (Å²) in [6, 6.07) is 2.94. The summed E-state index contributed by atoms with van der Waals surface area (Å²) in [7, 11) is 1.61. The maximum Gasteiger partial charge on any atom is 0.573 e. The van der Waals surface area contributed by atoms with Crippen molar-refractivity contribution in [3.05, 3.63) is 47.5 Å². The van der Waals surface area contributed by atoms with Gasteiger partial charge < -0.3 is 24.8 Å². The molecule has 1 saturated heterocycles. The van der Waals surface area contributed by atoms with Gasteiger partial charge in [-0.15, -0.1) is 13.2 Å². The van der Waals surface area contributed by atoms with Gasteiger partial charge in [0.2, 0.25) is 5.95 Å². The zero-order valence-corrected chi connectivity index (χ0v) is 16.4. The number of hydrogen-bond donors (Lipinski definition) is 2. The maximum atomic E-state index is 14.0. The fourth-order valence-electron chi connectivity index (χ4n) is 3.14. The Labute approximate surface area is 174 Å². The number of hydrogen-bond acceptors (Lipinski definition) is 7. The second-order valence-electron chi connectivity index (χ2n) is 6.78. The first-order valence-electron chi connectivity index (χ1n) is 9.28. The van der Waals surface area contributed by atoms with Crippen LogP contribution >= 0.6 is 0 Å². The normalized spacial score (nSPS) is 17.5. The highest BCUT2D eigenvalue weighted by molar-refractivity contribution is 5.92. The van der Waals surface area contributed by atoms with E-state index in [0.717, 1.165) is 24.6 Å². The average molecular weight is 444 g/mol. The number of benzene rings is 1. The van der Waals surface area contributed by atoms with E-state index in [9.17, 15) is 27.5 Å². The lowest BCUT2D eigenvalue weighted by Gasteiger charge is -2.19. The molecule has 0 radical (unpaired) electrons. The Morgan fingerprint density at radius 1 is 1.39 bits per heavy atom. The number of nitrogens with one attached hydrogen (secondary N) is 1. The number of carbonyl (C=O) groups is 1. The number of methoxy groups -OCH3 is 1.